The molecule has 13 heterocycles. The monoisotopic (exact) mass is 1010 g/mol. The molecule has 12 heteroatoms. The van der Waals surface area contributed by atoms with E-state index in [4.69, 9.17) is 9.97 Å². The van der Waals surface area contributed by atoms with E-state index in [2.05, 4.69) is 230 Å². The van der Waals surface area contributed by atoms with Crippen LogP contribution < -0.4 is 0 Å². The molecule has 14 rings (SSSR count). The molecule has 11 nitrogen and oxygen atoms in total. The summed E-state index contributed by atoms with van der Waals surface area (Å²) < 4.78 is 0. The average molecular weight is 1010 g/mol. The van der Waals surface area contributed by atoms with Crippen LogP contribution in [0.15, 0.2) is 158 Å². The topological polar surface area (TPSA) is 124 Å². The Bertz CT molecular complexity index is 4040. The normalized spacial score (nSPS) is 15.1. The van der Waals surface area contributed by atoms with Crippen molar-refractivity contribution < 1.29 is 0 Å². The van der Waals surface area contributed by atoms with Gasteiger partial charge in [0, 0.05) is 107 Å². The fraction of sp³-hybridized carbons (Fsp3) is 0.0938. The summed E-state index contributed by atoms with van der Waals surface area (Å²) in [5.74, 6) is 0. The maximum absolute atomic E-state index is 5.42. The van der Waals surface area contributed by atoms with Crippen LogP contribution in [0.4, 0.5) is 0 Å². The summed E-state index contributed by atoms with van der Waals surface area (Å²) in [5.41, 5.74) is 24.4. The van der Waals surface area contributed by atoms with Gasteiger partial charge in [0.2, 0.25) is 0 Å². The fourth-order valence-electron chi connectivity index (χ4n) is 10.3. The standard InChI is InChI=1S/C44H39N7.C20H14N4.ClH/c1-49-23-17-30(18-24-49)42-35-11-9-33(45-35)41(29-7-5-4-6-8-29)34-10-12-36(46-34)43(31-19-25-50(2)26-20-31)38-14-16-40(48-38)44(39-15-13-37(42)47-39)32-21-27-51(3)28-22-32;1-2-14-10-16-5-6-18(23-16)12-20-8-7-19(24-20)11-17-4-3-15(22-17)9-13(1)21-14;/h4-23,25,27,45,48H,24,26,28H2,1-3H3;1-12,21-22H;1H. The number of aromatic nitrogens is 8. The van der Waals surface area contributed by atoms with Crippen molar-refractivity contribution in [1.82, 2.24) is 54.6 Å². The summed E-state index contributed by atoms with van der Waals surface area (Å²) in [5, 5.41) is 0. The van der Waals surface area contributed by atoms with Gasteiger partial charge in [-0.2, -0.15) is 0 Å². The van der Waals surface area contributed by atoms with E-state index < -0.39 is 0 Å². The Balaban J connectivity index is 0.000000194. The zero-order valence-corrected chi connectivity index (χ0v) is 43.1. The highest BCUT2D eigenvalue weighted by molar-refractivity contribution is 5.99. The van der Waals surface area contributed by atoms with Crippen molar-refractivity contribution in [2.45, 2.75) is 0 Å². The Morgan fingerprint density at radius 1 is 0.342 bits per heavy atom. The zero-order chi connectivity index (χ0) is 50.4. The van der Waals surface area contributed by atoms with Crippen LogP contribution in [-0.2, 0) is 0 Å². The lowest BCUT2D eigenvalue weighted by Gasteiger charge is -2.18. The van der Waals surface area contributed by atoms with E-state index in [9.17, 15) is 0 Å². The van der Waals surface area contributed by atoms with E-state index in [1.165, 1.54) is 0 Å². The first-order chi connectivity index (χ1) is 36.8. The molecule has 0 aliphatic carbocycles. The van der Waals surface area contributed by atoms with Gasteiger partial charge in [-0.3, -0.25) is 0 Å². The summed E-state index contributed by atoms with van der Waals surface area (Å²) in [6, 6.07) is 35.7. The van der Waals surface area contributed by atoms with E-state index in [0.29, 0.717) is 0 Å². The summed E-state index contributed by atoms with van der Waals surface area (Å²) >= 11 is 0. The van der Waals surface area contributed by atoms with E-state index in [0.717, 1.165) is 154 Å². The van der Waals surface area contributed by atoms with Crippen molar-refractivity contribution >= 4 is 122 Å². The van der Waals surface area contributed by atoms with Crippen LogP contribution in [0.25, 0.3) is 121 Å². The number of nitrogens with zero attached hydrogens (tertiary/aromatic N) is 7. The highest BCUT2D eigenvalue weighted by atomic mass is 35.5. The van der Waals surface area contributed by atoms with Crippen molar-refractivity contribution in [3.05, 3.63) is 220 Å². The molecule has 0 saturated heterocycles. The van der Waals surface area contributed by atoms with Crippen molar-refractivity contribution in [3.8, 4) is 11.1 Å². The van der Waals surface area contributed by atoms with E-state index >= 15 is 0 Å². The van der Waals surface area contributed by atoms with Gasteiger partial charge in [-0.15, -0.1) is 12.4 Å². The van der Waals surface area contributed by atoms with Crippen LogP contribution in [0.1, 0.15) is 62.2 Å². The number of allylic oxidation sites excluding steroid dienone is 6. The smallest absolute Gasteiger partial charge is 0.0737 e. The highest BCUT2D eigenvalue weighted by Crippen LogP contribution is 2.37. The Morgan fingerprint density at radius 3 is 1.08 bits per heavy atom. The SMILES string of the molecule is C1=Cc2cc3ccc(cc4ccc(cc5nc(cc1n2)C=C5)[nH]4)[nH]3.CN1C=CC(c2c3nc(c(C4=CCN(C)C=C4)c4ccc([nH]4)c(-c4ccccc4)c4nc(c(C5=CCN(C)C=C5)c5ccc2[nH]5)C=C4)C=C3)=CC1.Cl. The molecule has 7 aromatic rings. The predicted molar refractivity (Wildman–Crippen MR) is 320 cm³/mol. The number of H-pyrrole nitrogens is 4. The van der Waals surface area contributed by atoms with Crippen molar-refractivity contribution in [1.29, 1.82) is 0 Å². The van der Waals surface area contributed by atoms with Gasteiger partial charge in [0.15, 0.2) is 0 Å². The lowest BCUT2D eigenvalue weighted by atomic mass is 10.0. The molecule has 6 aromatic heterocycles. The Hall–Kier alpha value is -9.45. The molecule has 7 aliphatic heterocycles. The molecule has 0 saturated carbocycles. The van der Waals surface area contributed by atoms with Gasteiger partial charge in [0.05, 0.1) is 45.6 Å². The second kappa shape index (κ2) is 20.1. The minimum Gasteiger partial charge on any atom is -0.377 e. The van der Waals surface area contributed by atoms with Gasteiger partial charge >= 0.3 is 0 Å². The number of hydrogen-bond acceptors (Lipinski definition) is 7. The van der Waals surface area contributed by atoms with Gasteiger partial charge in [0.1, 0.15) is 0 Å². The third-order valence-corrected chi connectivity index (χ3v) is 14.0. The van der Waals surface area contributed by atoms with Crippen LogP contribution >= 0.6 is 12.4 Å². The molecule has 0 atom stereocenters. The molecular weight excluding hydrogens is 958 g/mol. The molecule has 0 fully saturated rings. The first-order valence-electron chi connectivity index (χ1n) is 25.3. The predicted octanol–water partition coefficient (Wildman–Crippen LogP) is 13.9. The van der Waals surface area contributed by atoms with E-state index in [1.807, 2.05) is 42.5 Å². The van der Waals surface area contributed by atoms with Crippen molar-refractivity contribution in [2.75, 3.05) is 40.8 Å². The first kappa shape index (κ1) is 47.5. The maximum Gasteiger partial charge on any atom is 0.0737 e. The first-order valence-corrected chi connectivity index (χ1v) is 25.3. The maximum atomic E-state index is 5.42. The van der Waals surface area contributed by atoms with Crippen molar-refractivity contribution in [2.24, 2.45) is 0 Å². The molecule has 4 N–H and O–H groups in total. The minimum absolute atomic E-state index is 0. The number of aromatic amines is 4. The van der Waals surface area contributed by atoms with E-state index in [1.54, 1.807) is 0 Å². The molecule has 7 aliphatic rings. The van der Waals surface area contributed by atoms with Gasteiger partial charge in [0.25, 0.3) is 0 Å². The lowest BCUT2D eigenvalue weighted by molar-refractivity contribution is 0.506. The summed E-state index contributed by atoms with van der Waals surface area (Å²) in [6.45, 7) is 2.48. The molecule has 0 spiro atoms. The third kappa shape index (κ3) is 9.63. The average Bonchev–Trinajstić information content (AvgIpc) is 4.32. The van der Waals surface area contributed by atoms with Gasteiger partial charge in [-0.05, 0) is 181 Å². The third-order valence-electron chi connectivity index (χ3n) is 14.0. The Kier molecular flexibility index (Phi) is 12.6. The largest absolute Gasteiger partial charge is 0.377 e. The number of hydrogen-bond donors (Lipinski definition) is 4. The number of rotatable bonds is 4. The molecule has 16 bridgehead atoms. The minimum atomic E-state index is 0. The van der Waals surface area contributed by atoms with Gasteiger partial charge in [-0.1, -0.05) is 48.6 Å². The Labute approximate surface area is 446 Å². The summed E-state index contributed by atoms with van der Waals surface area (Å²) in [7, 11) is 6.29. The molecule has 0 amide bonds. The van der Waals surface area contributed by atoms with Crippen LogP contribution in [0.5, 0.6) is 0 Å². The van der Waals surface area contributed by atoms with Crippen LogP contribution in [-0.4, -0.2) is 95.3 Å². The number of likely N-dealkylation sites (N-methyl/N-ethyl adjacent to an activating group) is 3. The van der Waals surface area contributed by atoms with Crippen LogP contribution in [0, 0.1) is 0 Å². The van der Waals surface area contributed by atoms with Gasteiger partial charge in [-0.25, -0.2) is 19.9 Å². The van der Waals surface area contributed by atoms with Gasteiger partial charge < -0.3 is 34.6 Å². The quantitative estimate of drug-likeness (QED) is 0.138. The highest BCUT2D eigenvalue weighted by Gasteiger charge is 2.21. The molecule has 0 unspecified atom stereocenters. The van der Waals surface area contributed by atoms with Crippen molar-refractivity contribution in [3.63, 3.8) is 0 Å². The fourth-order valence-corrected chi connectivity index (χ4v) is 10.3. The molecule has 0 radical (unpaired) electrons. The molecule has 372 valence electrons. The Morgan fingerprint density at radius 2 is 0.697 bits per heavy atom. The number of halogens is 1. The second-order valence-corrected chi connectivity index (χ2v) is 19.5. The summed E-state index contributed by atoms with van der Waals surface area (Å²) in [6.07, 6.45) is 36.5. The van der Waals surface area contributed by atoms with Crippen LogP contribution in [0.2, 0.25) is 0 Å². The molecular formula is C64H54ClN11. The van der Waals surface area contributed by atoms with Crippen LogP contribution in [0.3, 0.4) is 0 Å². The van der Waals surface area contributed by atoms with E-state index in [-0.39, 0.29) is 12.4 Å². The lowest BCUT2D eigenvalue weighted by Crippen LogP contribution is -2.13. The number of fused-ring (bicyclic) bond motifs is 16. The number of benzene rings is 1. The molecule has 1 aromatic carbocycles. The number of nitrogens with one attached hydrogen (secondary N) is 4. The zero-order valence-electron chi connectivity index (χ0n) is 42.3. The second-order valence-electron chi connectivity index (χ2n) is 19.5. The summed E-state index contributed by atoms with van der Waals surface area (Å²) in [4.78, 5) is 41.1. The molecule has 76 heavy (non-hydrogen) atoms.